The van der Waals surface area contributed by atoms with Crippen LogP contribution in [0.5, 0.6) is 5.75 Å². The van der Waals surface area contributed by atoms with Gasteiger partial charge < -0.3 is 4.18 Å². The Labute approximate surface area is 168 Å². The summed E-state index contributed by atoms with van der Waals surface area (Å²) in [5.74, 6) is 0.501. The Morgan fingerprint density at radius 3 is 1.82 bits per heavy atom. The van der Waals surface area contributed by atoms with Crippen LogP contribution in [-0.2, 0) is 10.1 Å². The summed E-state index contributed by atoms with van der Waals surface area (Å²) in [6.45, 7) is 8.53. The summed E-state index contributed by atoms with van der Waals surface area (Å²) in [5, 5.41) is 0. The average Bonchev–Trinajstić information content (AvgIpc) is 2.63. The molecule has 1 unspecified atom stereocenters. The number of aryl methyl sites for hydroxylation is 1. The van der Waals surface area contributed by atoms with E-state index in [1.54, 1.807) is 36.4 Å². The Kier molecular flexibility index (Phi) is 5.61. The first kappa shape index (κ1) is 20.2. The van der Waals surface area contributed by atoms with Gasteiger partial charge in [-0.2, -0.15) is 8.42 Å². The minimum atomic E-state index is -3.84. The van der Waals surface area contributed by atoms with E-state index in [9.17, 15) is 8.42 Å². The fourth-order valence-corrected chi connectivity index (χ4v) is 4.36. The van der Waals surface area contributed by atoms with Crippen LogP contribution in [0.25, 0.3) is 0 Å². The molecule has 0 aliphatic rings. The third-order valence-corrected chi connectivity index (χ3v) is 5.99. The minimum absolute atomic E-state index is 0.0116. The average molecular weight is 395 g/mol. The van der Waals surface area contributed by atoms with Crippen LogP contribution in [0.3, 0.4) is 0 Å². The predicted molar refractivity (Wildman–Crippen MR) is 113 cm³/mol. The molecule has 3 nitrogen and oxygen atoms in total. The largest absolute Gasteiger partial charge is 0.379 e. The molecule has 0 aliphatic heterocycles. The van der Waals surface area contributed by atoms with Gasteiger partial charge in [-0.3, -0.25) is 0 Å². The highest BCUT2D eigenvalue weighted by molar-refractivity contribution is 7.87. The molecule has 3 aromatic carbocycles. The number of rotatable bonds is 5. The standard InChI is InChI=1S/C24H26O3S/c1-18-10-16-22(17-11-18)28(25,26)27-21-14-12-20(13-15-21)23(24(2,3)4)19-8-6-5-7-9-19/h5-17,23H,1-4H3. The van der Waals surface area contributed by atoms with Crippen LogP contribution in [0.2, 0.25) is 0 Å². The second-order valence-corrected chi connectivity index (χ2v) is 9.68. The molecule has 0 saturated heterocycles. The molecular weight excluding hydrogens is 368 g/mol. The van der Waals surface area contributed by atoms with Gasteiger partial charge in [0.1, 0.15) is 10.6 Å². The summed E-state index contributed by atoms with van der Waals surface area (Å²) in [4.78, 5) is 0.152. The van der Waals surface area contributed by atoms with Crippen LogP contribution in [-0.4, -0.2) is 8.42 Å². The zero-order valence-corrected chi connectivity index (χ0v) is 17.5. The molecule has 0 heterocycles. The Bertz CT molecular complexity index is 1010. The van der Waals surface area contributed by atoms with Crippen molar-refractivity contribution in [3.05, 3.63) is 95.6 Å². The van der Waals surface area contributed by atoms with Crippen LogP contribution in [0, 0.1) is 12.3 Å². The van der Waals surface area contributed by atoms with Crippen molar-refractivity contribution < 1.29 is 12.6 Å². The van der Waals surface area contributed by atoms with Crippen molar-refractivity contribution in [2.75, 3.05) is 0 Å². The van der Waals surface area contributed by atoms with Crippen molar-refractivity contribution >= 4 is 10.1 Å². The normalized spacial score (nSPS) is 13.1. The molecule has 0 saturated carbocycles. The van der Waals surface area contributed by atoms with Gasteiger partial charge in [0.25, 0.3) is 0 Å². The fourth-order valence-electron chi connectivity index (χ4n) is 3.43. The molecule has 1 atom stereocenters. The van der Waals surface area contributed by atoms with Crippen molar-refractivity contribution in [2.24, 2.45) is 5.41 Å². The molecule has 0 radical (unpaired) electrons. The van der Waals surface area contributed by atoms with Gasteiger partial charge in [-0.25, -0.2) is 0 Å². The molecule has 4 heteroatoms. The number of hydrogen-bond donors (Lipinski definition) is 0. The second-order valence-electron chi connectivity index (χ2n) is 8.13. The predicted octanol–water partition coefficient (Wildman–Crippen LogP) is 5.94. The highest BCUT2D eigenvalue weighted by atomic mass is 32.2. The third kappa shape index (κ3) is 4.63. The topological polar surface area (TPSA) is 43.4 Å². The van der Waals surface area contributed by atoms with Gasteiger partial charge in [-0.15, -0.1) is 0 Å². The molecule has 0 fully saturated rings. The van der Waals surface area contributed by atoms with Crippen molar-refractivity contribution in [2.45, 2.75) is 38.5 Å². The lowest BCUT2D eigenvalue weighted by Crippen LogP contribution is -2.19. The van der Waals surface area contributed by atoms with Gasteiger partial charge in [0.2, 0.25) is 0 Å². The van der Waals surface area contributed by atoms with Crippen molar-refractivity contribution in [3.8, 4) is 5.75 Å². The SMILES string of the molecule is Cc1ccc(S(=O)(=O)Oc2ccc(C(c3ccccc3)C(C)(C)C)cc2)cc1. The third-order valence-electron chi connectivity index (χ3n) is 4.73. The maximum Gasteiger partial charge on any atom is 0.339 e. The summed E-state index contributed by atoms with van der Waals surface area (Å²) >= 11 is 0. The maximum absolute atomic E-state index is 12.5. The Hall–Kier alpha value is -2.59. The van der Waals surface area contributed by atoms with Crippen LogP contribution in [0.1, 0.15) is 43.4 Å². The van der Waals surface area contributed by atoms with Crippen molar-refractivity contribution in [1.82, 2.24) is 0 Å². The molecule has 3 rings (SSSR count). The lowest BCUT2D eigenvalue weighted by molar-refractivity contribution is 0.358. The van der Waals surface area contributed by atoms with Gasteiger partial charge in [-0.05, 0) is 47.7 Å². The molecule has 0 amide bonds. The summed E-state index contributed by atoms with van der Waals surface area (Å²) in [7, 11) is -3.84. The Morgan fingerprint density at radius 1 is 0.750 bits per heavy atom. The summed E-state index contributed by atoms with van der Waals surface area (Å²) in [5.41, 5.74) is 3.37. The van der Waals surface area contributed by atoms with E-state index in [0.717, 1.165) is 11.1 Å². The van der Waals surface area contributed by atoms with E-state index in [4.69, 9.17) is 4.18 Å². The van der Waals surface area contributed by atoms with Crippen LogP contribution >= 0.6 is 0 Å². The molecule has 0 aliphatic carbocycles. The molecule has 146 valence electrons. The molecule has 0 spiro atoms. The monoisotopic (exact) mass is 394 g/mol. The maximum atomic E-state index is 12.5. The van der Waals surface area contributed by atoms with E-state index in [-0.39, 0.29) is 16.2 Å². The van der Waals surface area contributed by atoms with Crippen molar-refractivity contribution in [3.63, 3.8) is 0 Å². The minimum Gasteiger partial charge on any atom is -0.379 e. The van der Waals surface area contributed by atoms with E-state index in [1.807, 2.05) is 37.3 Å². The van der Waals surface area contributed by atoms with Crippen LogP contribution in [0.15, 0.2) is 83.8 Å². The van der Waals surface area contributed by atoms with Gasteiger partial charge >= 0.3 is 10.1 Å². The highest BCUT2D eigenvalue weighted by Gasteiger charge is 2.28. The zero-order chi connectivity index (χ0) is 20.4. The van der Waals surface area contributed by atoms with E-state index < -0.39 is 10.1 Å². The molecule has 28 heavy (non-hydrogen) atoms. The molecule has 0 N–H and O–H groups in total. The molecule has 3 aromatic rings. The number of hydrogen-bond acceptors (Lipinski definition) is 3. The highest BCUT2D eigenvalue weighted by Crippen LogP contribution is 2.40. The number of benzene rings is 3. The van der Waals surface area contributed by atoms with Gasteiger partial charge in [0.05, 0.1) is 0 Å². The van der Waals surface area contributed by atoms with Crippen LogP contribution < -0.4 is 4.18 Å². The first-order valence-corrected chi connectivity index (χ1v) is 10.7. The second kappa shape index (κ2) is 7.80. The first-order valence-electron chi connectivity index (χ1n) is 9.33. The lowest BCUT2D eigenvalue weighted by atomic mass is 9.72. The van der Waals surface area contributed by atoms with E-state index in [1.165, 1.54) is 5.56 Å². The summed E-state index contributed by atoms with van der Waals surface area (Å²) < 4.78 is 30.3. The van der Waals surface area contributed by atoms with Crippen LogP contribution in [0.4, 0.5) is 0 Å². The zero-order valence-electron chi connectivity index (χ0n) is 16.7. The lowest BCUT2D eigenvalue weighted by Gasteiger charge is -2.32. The smallest absolute Gasteiger partial charge is 0.339 e. The summed E-state index contributed by atoms with van der Waals surface area (Å²) in [6.07, 6.45) is 0. The Morgan fingerprint density at radius 2 is 1.29 bits per heavy atom. The van der Waals surface area contributed by atoms with Gasteiger partial charge in [0.15, 0.2) is 0 Å². The first-order chi connectivity index (χ1) is 13.2. The Balaban J connectivity index is 1.87. The quantitative estimate of drug-likeness (QED) is 0.503. The fraction of sp³-hybridized carbons (Fsp3) is 0.250. The van der Waals surface area contributed by atoms with Crippen molar-refractivity contribution in [1.29, 1.82) is 0 Å². The van der Waals surface area contributed by atoms with Gasteiger partial charge in [0, 0.05) is 5.92 Å². The van der Waals surface area contributed by atoms with E-state index in [2.05, 4.69) is 32.9 Å². The van der Waals surface area contributed by atoms with Gasteiger partial charge in [-0.1, -0.05) is 80.9 Å². The molecular formula is C24H26O3S. The molecule has 0 aromatic heterocycles. The molecule has 0 bridgehead atoms. The van der Waals surface area contributed by atoms with E-state index >= 15 is 0 Å². The van der Waals surface area contributed by atoms with E-state index in [0.29, 0.717) is 5.75 Å². The summed E-state index contributed by atoms with van der Waals surface area (Å²) in [6, 6.07) is 24.3.